The molecule has 0 atom stereocenters. The van der Waals surface area contributed by atoms with Crippen LogP contribution in [0, 0.1) is 0 Å². The maximum Gasteiger partial charge on any atom is 0.303 e. The third-order valence-corrected chi connectivity index (χ3v) is 3.62. The molecule has 0 aromatic heterocycles. The molecule has 132 valence electrons. The Kier molecular flexibility index (Phi) is 15.7. The van der Waals surface area contributed by atoms with Crippen molar-refractivity contribution in [3.63, 3.8) is 0 Å². The number of unbranched alkanes of at least 4 members (excludes halogenated alkanes) is 6. The van der Waals surface area contributed by atoms with Crippen molar-refractivity contribution in [2.75, 3.05) is 0 Å². The molecule has 0 aliphatic rings. The van der Waals surface area contributed by atoms with Gasteiger partial charge in [-0.15, -0.1) is 0 Å². The number of allylic oxidation sites excluding steroid dienone is 6. The van der Waals surface area contributed by atoms with Gasteiger partial charge in [-0.25, -0.2) is 0 Å². The first-order valence-electron chi connectivity index (χ1n) is 9.06. The lowest BCUT2D eigenvalue weighted by Gasteiger charge is -1.99. The predicted molar refractivity (Wildman–Crippen MR) is 97.7 cm³/mol. The second kappa shape index (κ2) is 16.9. The van der Waals surface area contributed by atoms with E-state index in [1.807, 2.05) is 12.2 Å². The number of carbonyl (C=O) groups is 1. The molecule has 0 radical (unpaired) electrons. The summed E-state index contributed by atoms with van der Waals surface area (Å²) < 4.78 is 0. The topological polar surface area (TPSA) is 57.5 Å². The first-order valence-corrected chi connectivity index (χ1v) is 9.06. The standard InChI is InChI=1S/C20H34O3/c1-2-3-4-5-10-13-16-19(21)17-14-11-8-6-7-9-12-15-18-20(22)23/h7-9,11,16,21H,2-6,10,12-15,17-18H2,1H3,(H,22,23)/b9-7-,11-8-,19-16-. The summed E-state index contributed by atoms with van der Waals surface area (Å²) >= 11 is 0. The van der Waals surface area contributed by atoms with Gasteiger partial charge in [0.25, 0.3) is 0 Å². The van der Waals surface area contributed by atoms with E-state index in [9.17, 15) is 9.90 Å². The van der Waals surface area contributed by atoms with E-state index < -0.39 is 5.97 Å². The van der Waals surface area contributed by atoms with E-state index >= 15 is 0 Å². The Labute approximate surface area is 141 Å². The van der Waals surface area contributed by atoms with Crippen molar-refractivity contribution in [2.24, 2.45) is 0 Å². The number of carboxylic acids is 1. The third-order valence-electron chi connectivity index (χ3n) is 3.62. The highest BCUT2D eigenvalue weighted by Gasteiger charge is 1.93. The summed E-state index contributed by atoms with van der Waals surface area (Å²) in [6.45, 7) is 2.22. The second-order valence-electron chi connectivity index (χ2n) is 5.90. The van der Waals surface area contributed by atoms with Crippen LogP contribution in [0.15, 0.2) is 36.1 Å². The van der Waals surface area contributed by atoms with Gasteiger partial charge in [0.15, 0.2) is 0 Å². The molecule has 0 amide bonds. The molecule has 0 aliphatic heterocycles. The minimum absolute atomic E-state index is 0.240. The van der Waals surface area contributed by atoms with E-state index in [0.717, 1.165) is 25.7 Å². The summed E-state index contributed by atoms with van der Waals surface area (Å²) in [5, 5.41) is 18.3. The van der Waals surface area contributed by atoms with E-state index in [2.05, 4.69) is 25.2 Å². The van der Waals surface area contributed by atoms with Gasteiger partial charge in [0, 0.05) is 12.8 Å². The molecular formula is C20H34O3. The van der Waals surface area contributed by atoms with Crippen LogP contribution in [0.4, 0.5) is 0 Å². The normalized spacial score (nSPS) is 12.5. The summed E-state index contributed by atoms with van der Waals surface area (Å²) in [7, 11) is 0. The van der Waals surface area contributed by atoms with Crippen LogP contribution >= 0.6 is 0 Å². The summed E-state index contributed by atoms with van der Waals surface area (Å²) in [6, 6.07) is 0. The third kappa shape index (κ3) is 18.4. The maximum absolute atomic E-state index is 10.3. The minimum atomic E-state index is -0.730. The number of aliphatic hydroxyl groups is 1. The van der Waals surface area contributed by atoms with E-state index in [-0.39, 0.29) is 6.42 Å². The van der Waals surface area contributed by atoms with Crippen LogP contribution in [0.3, 0.4) is 0 Å². The molecule has 0 spiro atoms. The van der Waals surface area contributed by atoms with E-state index in [4.69, 9.17) is 5.11 Å². The van der Waals surface area contributed by atoms with Crippen LogP contribution in [0.5, 0.6) is 0 Å². The van der Waals surface area contributed by atoms with Gasteiger partial charge in [-0.2, -0.15) is 0 Å². The number of aliphatic carboxylic acids is 1. The highest BCUT2D eigenvalue weighted by molar-refractivity contribution is 5.66. The summed E-state index contributed by atoms with van der Waals surface area (Å²) in [6.07, 6.45) is 21.7. The van der Waals surface area contributed by atoms with Crippen molar-refractivity contribution in [3.8, 4) is 0 Å². The first-order chi connectivity index (χ1) is 11.2. The summed E-state index contributed by atoms with van der Waals surface area (Å²) in [4.78, 5) is 10.3. The minimum Gasteiger partial charge on any atom is -0.513 e. The SMILES string of the molecule is CCCCCCC/C=C(\O)CC/C=C\C/C=C\CCCC(=O)O. The molecule has 23 heavy (non-hydrogen) atoms. The molecule has 0 saturated carbocycles. The van der Waals surface area contributed by atoms with Crippen molar-refractivity contribution in [1.29, 1.82) is 0 Å². The lowest BCUT2D eigenvalue weighted by molar-refractivity contribution is -0.137. The van der Waals surface area contributed by atoms with Gasteiger partial charge in [0.1, 0.15) is 0 Å². The quantitative estimate of drug-likeness (QED) is 0.210. The lowest BCUT2D eigenvalue weighted by atomic mass is 10.1. The Morgan fingerprint density at radius 1 is 0.783 bits per heavy atom. The number of hydrogen-bond acceptors (Lipinski definition) is 2. The van der Waals surface area contributed by atoms with Gasteiger partial charge in [-0.05, 0) is 44.6 Å². The van der Waals surface area contributed by atoms with Crippen LogP contribution in [-0.4, -0.2) is 16.2 Å². The fourth-order valence-corrected chi connectivity index (χ4v) is 2.23. The maximum atomic E-state index is 10.3. The van der Waals surface area contributed by atoms with E-state index in [1.165, 1.54) is 32.1 Å². The van der Waals surface area contributed by atoms with Gasteiger partial charge >= 0.3 is 5.97 Å². The predicted octanol–water partition coefficient (Wildman–Crippen LogP) is 6.33. The average Bonchev–Trinajstić information content (AvgIpc) is 2.52. The van der Waals surface area contributed by atoms with Crippen molar-refractivity contribution < 1.29 is 15.0 Å². The second-order valence-corrected chi connectivity index (χ2v) is 5.90. The van der Waals surface area contributed by atoms with Crippen LogP contribution in [0.2, 0.25) is 0 Å². The van der Waals surface area contributed by atoms with Crippen LogP contribution in [0.25, 0.3) is 0 Å². The molecule has 0 fully saturated rings. The lowest BCUT2D eigenvalue weighted by Crippen LogP contribution is -1.92. The molecule has 0 heterocycles. The molecule has 0 aromatic carbocycles. The Hall–Kier alpha value is -1.51. The molecule has 0 aliphatic carbocycles. The highest BCUT2D eigenvalue weighted by Crippen LogP contribution is 2.09. The number of rotatable bonds is 15. The Bertz CT molecular complexity index is 367. The summed E-state index contributed by atoms with van der Waals surface area (Å²) in [5.74, 6) is -0.221. The molecule has 3 nitrogen and oxygen atoms in total. The van der Waals surface area contributed by atoms with Crippen LogP contribution in [-0.2, 0) is 4.79 Å². The number of carboxylic acid groups (broad SMARTS) is 1. The zero-order valence-electron chi connectivity index (χ0n) is 14.7. The largest absolute Gasteiger partial charge is 0.513 e. The van der Waals surface area contributed by atoms with Crippen LogP contribution in [0.1, 0.15) is 84.0 Å². The Morgan fingerprint density at radius 2 is 1.48 bits per heavy atom. The summed E-state index contributed by atoms with van der Waals surface area (Å²) in [5.41, 5.74) is 0. The van der Waals surface area contributed by atoms with Gasteiger partial charge in [-0.1, -0.05) is 56.9 Å². The highest BCUT2D eigenvalue weighted by atomic mass is 16.4. The molecule has 0 aromatic rings. The van der Waals surface area contributed by atoms with E-state index in [1.54, 1.807) is 0 Å². The monoisotopic (exact) mass is 322 g/mol. The van der Waals surface area contributed by atoms with Gasteiger partial charge in [0.05, 0.1) is 5.76 Å². The van der Waals surface area contributed by atoms with Gasteiger partial charge < -0.3 is 10.2 Å². The molecule has 3 heteroatoms. The van der Waals surface area contributed by atoms with Crippen molar-refractivity contribution >= 4 is 5.97 Å². The molecular weight excluding hydrogens is 288 g/mol. The molecule has 0 bridgehead atoms. The fraction of sp³-hybridized carbons (Fsp3) is 0.650. The molecule has 0 rings (SSSR count). The molecule has 2 N–H and O–H groups in total. The first kappa shape index (κ1) is 21.5. The zero-order valence-corrected chi connectivity index (χ0v) is 14.7. The van der Waals surface area contributed by atoms with Gasteiger partial charge in [0.2, 0.25) is 0 Å². The Morgan fingerprint density at radius 3 is 2.17 bits per heavy atom. The fourth-order valence-electron chi connectivity index (χ4n) is 2.23. The van der Waals surface area contributed by atoms with Crippen molar-refractivity contribution in [3.05, 3.63) is 36.1 Å². The van der Waals surface area contributed by atoms with E-state index in [0.29, 0.717) is 18.6 Å². The Balaban J connectivity index is 3.49. The smallest absolute Gasteiger partial charge is 0.303 e. The number of aliphatic hydroxyl groups excluding tert-OH is 1. The van der Waals surface area contributed by atoms with Crippen LogP contribution < -0.4 is 0 Å². The average molecular weight is 322 g/mol. The molecule has 0 saturated heterocycles. The number of hydrogen-bond donors (Lipinski definition) is 2. The zero-order chi connectivity index (χ0) is 17.2. The van der Waals surface area contributed by atoms with Crippen molar-refractivity contribution in [1.82, 2.24) is 0 Å². The molecule has 0 unspecified atom stereocenters. The van der Waals surface area contributed by atoms with Crippen molar-refractivity contribution in [2.45, 2.75) is 84.0 Å². The van der Waals surface area contributed by atoms with Gasteiger partial charge in [-0.3, -0.25) is 4.79 Å².